The van der Waals surface area contributed by atoms with Crippen molar-refractivity contribution in [3.05, 3.63) is 0 Å². The van der Waals surface area contributed by atoms with Crippen molar-refractivity contribution >= 4 is 0 Å². The van der Waals surface area contributed by atoms with E-state index in [1.807, 2.05) is 0 Å². The normalized spacial score (nSPS) is 31.1. The molecule has 0 aromatic rings. The van der Waals surface area contributed by atoms with E-state index >= 15 is 0 Å². The molecule has 0 bridgehead atoms. The lowest BCUT2D eigenvalue weighted by molar-refractivity contribution is -0.0193. The first-order valence-corrected chi connectivity index (χ1v) is 4.64. The van der Waals surface area contributed by atoms with Crippen LogP contribution in [0.25, 0.3) is 0 Å². The van der Waals surface area contributed by atoms with Crippen LogP contribution in [0, 0.1) is 0 Å². The summed E-state index contributed by atoms with van der Waals surface area (Å²) >= 11 is 0. The van der Waals surface area contributed by atoms with E-state index in [9.17, 15) is 5.11 Å². The monoisotopic (exact) mass is 158 g/mol. The van der Waals surface area contributed by atoms with Gasteiger partial charge in [0.15, 0.2) is 0 Å². The summed E-state index contributed by atoms with van der Waals surface area (Å²) in [5.41, 5.74) is 0. The molecule has 1 N–H and O–H groups in total. The molecule has 1 aliphatic rings. The molecule has 2 unspecified atom stereocenters. The third-order valence-electron chi connectivity index (χ3n) is 2.25. The molecule has 1 saturated carbocycles. The molecular formula is C9H18O2. The molecule has 0 spiro atoms. The smallest absolute Gasteiger partial charge is 0.0833 e. The minimum absolute atomic E-state index is 0.140. The lowest BCUT2D eigenvalue weighted by atomic mass is 10.2. The molecule has 0 saturated heterocycles. The highest BCUT2D eigenvalue weighted by Crippen LogP contribution is 2.21. The summed E-state index contributed by atoms with van der Waals surface area (Å²) in [6, 6.07) is 0. The van der Waals surface area contributed by atoms with Crippen LogP contribution in [0.1, 0.15) is 39.0 Å². The standard InChI is InChI=1S/C9H18O2/c1-2-3-7-11-9-6-4-5-8(9)10/h8-10H,2-7H2,1H3. The van der Waals surface area contributed by atoms with Crippen molar-refractivity contribution in [1.82, 2.24) is 0 Å². The highest BCUT2D eigenvalue weighted by molar-refractivity contribution is 4.76. The quantitative estimate of drug-likeness (QED) is 0.631. The number of hydrogen-bond donors (Lipinski definition) is 1. The van der Waals surface area contributed by atoms with Crippen LogP contribution in [0.3, 0.4) is 0 Å². The Labute approximate surface area is 68.6 Å². The first-order valence-electron chi connectivity index (χ1n) is 4.64. The van der Waals surface area contributed by atoms with Gasteiger partial charge in [0, 0.05) is 6.61 Å². The molecule has 0 aromatic carbocycles. The summed E-state index contributed by atoms with van der Waals surface area (Å²) in [5, 5.41) is 9.36. The number of aliphatic hydroxyl groups excluding tert-OH is 1. The Kier molecular flexibility index (Phi) is 3.87. The van der Waals surface area contributed by atoms with Crippen LogP contribution in [0.2, 0.25) is 0 Å². The Balaban J connectivity index is 2.05. The Morgan fingerprint density at radius 3 is 2.82 bits per heavy atom. The van der Waals surface area contributed by atoms with Crippen LogP contribution >= 0.6 is 0 Å². The largest absolute Gasteiger partial charge is 0.390 e. The molecule has 1 fully saturated rings. The third kappa shape index (κ3) is 2.80. The Morgan fingerprint density at radius 2 is 2.27 bits per heavy atom. The first kappa shape index (κ1) is 9.01. The lowest BCUT2D eigenvalue weighted by Gasteiger charge is -2.14. The van der Waals surface area contributed by atoms with Crippen molar-refractivity contribution in [2.24, 2.45) is 0 Å². The molecule has 2 nitrogen and oxygen atoms in total. The van der Waals surface area contributed by atoms with Crippen LogP contribution in [-0.2, 0) is 4.74 Å². The van der Waals surface area contributed by atoms with Crippen molar-refractivity contribution < 1.29 is 9.84 Å². The molecule has 0 aromatic heterocycles. The lowest BCUT2D eigenvalue weighted by Crippen LogP contribution is -2.22. The average molecular weight is 158 g/mol. The van der Waals surface area contributed by atoms with Crippen molar-refractivity contribution in [3.8, 4) is 0 Å². The van der Waals surface area contributed by atoms with Gasteiger partial charge in [-0.2, -0.15) is 0 Å². The van der Waals surface area contributed by atoms with E-state index < -0.39 is 0 Å². The zero-order valence-electron chi connectivity index (χ0n) is 7.25. The molecule has 11 heavy (non-hydrogen) atoms. The maximum atomic E-state index is 9.36. The van der Waals surface area contributed by atoms with Crippen molar-refractivity contribution in [2.45, 2.75) is 51.2 Å². The SMILES string of the molecule is CCCCOC1CCCC1O. The van der Waals surface area contributed by atoms with Gasteiger partial charge >= 0.3 is 0 Å². The molecule has 0 heterocycles. The summed E-state index contributed by atoms with van der Waals surface area (Å²) in [5.74, 6) is 0. The number of ether oxygens (including phenoxy) is 1. The number of hydrogen-bond acceptors (Lipinski definition) is 2. The molecule has 0 amide bonds. The van der Waals surface area contributed by atoms with E-state index in [0.717, 1.165) is 32.3 Å². The van der Waals surface area contributed by atoms with E-state index in [-0.39, 0.29) is 12.2 Å². The minimum atomic E-state index is -0.188. The fraction of sp³-hybridized carbons (Fsp3) is 1.00. The van der Waals surface area contributed by atoms with Gasteiger partial charge in [-0.1, -0.05) is 13.3 Å². The number of rotatable bonds is 4. The fourth-order valence-corrected chi connectivity index (χ4v) is 1.48. The topological polar surface area (TPSA) is 29.5 Å². The zero-order valence-corrected chi connectivity index (χ0v) is 7.25. The van der Waals surface area contributed by atoms with Gasteiger partial charge in [-0.05, 0) is 25.7 Å². The van der Waals surface area contributed by atoms with Gasteiger partial charge in [0.05, 0.1) is 12.2 Å². The molecule has 0 aliphatic heterocycles. The second-order valence-corrected chi connectivity index (χ2v) is 3.26. The van der Waals surface area contributed by atoms with Crippen LogP contribution < -0.4 is 0 Å². The number of unbranched alkanes of at least 4 members (excludes halogenated alkanes) is 1. The van der Waals surface area contributed by atoms with E-state index in [1.54, 1.807) is 0 Å². The summed E-state index contributed by atoms with van der Waals surface area (Å²) in [7, 11) is 0. The van der Waals surface area contributed by atoms with Crippen molar-refractivity contribution in [2.75, 3.05) is 6.61 Å². The Morgan fingerprint density at radius 1 is 1.45 bits per heavy atom. The van der Waals surface area contributed by atoms with Crippen molar-refractivity contribution in [1.29, 1.82) is 0 Å². The molecule has 66 valence electrons. The van der Waals surface area contributed by atoms with Crippen LogP contribution in [0.15, 0.2) is 0 Å². The van der Waals surface area contributed by atoms with Crippen molar-refractivity contribution in [3.63, 3.8) is 0 Å². The molecule has 1 aliphatic carbocycles. The molecule has 1 rings (SSSR count). The number of aliphatic hydroxyl groups is 1. The predicted molar refractivity (Wildman–Crippen MR) is 44.5 cm³/mol. The van der Waals surface area contributed by atoms with Gasteiger partial charge < -0.3 is 9.84 Å². The molecular weight excluding hydrogens is 140 g/mol. The minimum Gasteiger partial charge on any atom is -0.390 e. The summed E-state index contributed by atoms with van der Waals surface area (Å²) < 4.78 is 5.51. The van der Waals surface area contributed by atoms with Gasteiger partial charge in [-0.15, -0.1) is 0 Å². The molecule has 2 atom stereocenters. The zero-order chi connectivity index (χ0) is 8.10. The second kappa shape index (κ2) is 4.73. The maximum absolute atomic E-state index is 9.36. The molecule has 2 heteroatoms. The molecule has 0 radical (unpaired) electrons. The first-order chi connectivity index (χ1) is 5.34. The van der Waals surface area contributed by atoms with E-state index in [4.69, 9.17) is 4.74 Å². The fourth-order valence-electron chi connectivity index (χ4n) is 1.48. The highest BCUT2D eigenvalue weighted by Gasteiger charge is 2.25. The van der Waals surface area contributed by atoms with Crippen LogP contribution in [0.4, 0.5) is 0 Å². The van der Waals surface area contributed by atoms with Crippen LogP contribution in [0.5, 0.6) is 0 Å². The second-order valence-electron chi connectivity index (χ2n) is 3.26. The third-order valence-corrected chi connectivity index (χ3v) is 2.25. The predicted octanol–water partition coefficient (Wildman–Crippen LogP) is 1.72. The Bertz CT molecular complexity index is 104. The van der Waals surface area contributed by atoms with Gasteiger partial charge in [0.2, 0.25) is 0 Å². The van der Waals surface area contributed by atoms with Gasteiger partial charge in [-0.3, -0.25) is 0 Å². The van der Waals surface area contributed by atoms with Gasteiger partial charge in [0.1, 0.15) is 0 Å². The summed E-state index contributed by atoms with van der Waals surface area (Å²) in [6.07, 6.45) is 5.33. The average Bonchev–Trinajstić information content (AvgIpc) is 2.37. The van der Waals surface area contributed by atoms with E-state index in [0.29, 0.717) is 0 Å². The summed E-state index contributed by atoms with van der Waals surface area (Å²) in [6.45, 7) is 2.96. The van der Waals surface area contributed by atoms with E-state index in [1.165, 1.54) is 6.42 Å². The van der Waals surface area contributed by atoms with Gasteiger partial charge in [-0.25, -0.2) is 0 Å². The summed E-state index contributed by atoms with van der Waals surface area (Å²) in [4.78, 5) is 0. The highest BCUT2D eigenvalue weighted by atomic mass is 16.5. The maximum Gasteiger partial charge on any atom is 0.0833 e. The van der Waals surface area contributed by atoms with E-state index in [2.05, 4.69) is 6.92 Å². The van der Waals surface area contributed by atoms with Gasteiger partial charge in [0.25, 0.3) is 0 Å². The Hall–Kier alpha value is -0.0800. The van der Waals surface area contributed by atoms with Crippen LogP contribution in [-0.4, -0.2) is 23.9 Å².